The molecule has 2 aromatic carbocycles. The highest BCUT2D eigenvalue weighted by Crippen LogP contribution is 2.42. The van der Waals surface area contributed by atoms with E-state index in [0.717, 1.165) is 57.7 Å². The van der Waals surface area contributed by atoms with E-state index in [1.54, 1.807) is 7.11 Å². The van der Waals surface area contributed by atoms with E-state index in [2.05, 4.69) is 41.7 Å². The first-order valence-electron chi connectivity index (χ1n) is 10.6. The summed E-state index contributed by atoms with van der Waals surface area (Å²) in [6.45, 7) is 2.98. The van der Waals surface area contributed by atoms with Crippen LogP contribution in [0.25, 0.3) is 0 Å². The molecule has 1 amide bonds. The summed E-state index contributed by atoms with van der Waals surface area (Å²) in [4.78, 5) is 15.2. The number of nitrogens with zero attached hydrogens (tertiary/aromatic N) is 1. The highest BCUT2D eigenvalue weighted by Gasteiger charge is 2.42. The molecule has 0 unspecified atom stereocenters. The molecular formula is C24H28N2O3. The molecule has 1 fully saturated rings. The van der Waals surface area contributed by atoms with Crippen molar-refractivity contribution in [1.29, 1.82) is 0 Å². The Morgan fingerprint density at radius 3 is 2.72 bits per heavy atom. The van der Waals surface area contributed by atoms with Crippen molar-refractivity contribution in [1.82, 2.24) is 10.2 Å². The van der Waals surface area contributed by atoms with Crippen molar-refractivity contribution in [3.63, 3.8) is 0 Å². The number of fused-ring (bicyclic) bond motifs is 3. The van der Waals surface area contributed by atoms with Gasteiger partial charge in [0.2, 0.25) is 5.91 Å². The number of nitrogens with one attached hydrogen (secondary N) is 1. The minimum absolute atomic E-state index is 0.122. The largest absolute Gasteiger partial charge is 0.497 e. The molecule has 152 valence electrons. The van der Waals surface area contributed by atoms with Crippen LogP contribution in [0.4, 0.5) is 0 Å². The summed E-state index contributed by atoms with van der Waals surface area (Å²) >= 11 is 0. The normalized spacial score (nSPS) is 22.7. The third kappa shape index (κ3) is 3.32. The number of benzene rings is 2. The molecule has 5 rings (SSSR count). The van der Waals surface area contributed by atoms with Crippen LogP contribution in [-0.4, -0.2) is 43.7 Å². The Labute approximate surface area is 172 Å². The minimum Gasteiger partial charge on any atom is -0.497 e. The van der Waals surface area contributed by atoms with Crippen LogP contribution >= 0.6 is 0 Å². The smallest absolute Gasteiger partial charge is 0.240 e. The van der Waals surface area contributed by atoms with E-state index in [-0.39, 0.29) is 17.6 Å². The van der Waals surface area contributed by atoms with Crippen molar-refractivity contribution in [3.05, 3.63) is 64.7 Å². The number of hydrogen-bond donors (Lipinski definition) is 1. The summed E-state index contributed by atoms with van der Waals surface area (Å²) < 4.78 is 11.7. The Hall–Kier alpha value is -2.37. The van der Waals surface area contributed by atoms with Crippen LogP contribution in [0.3, 0.4) is 0 Å². The molecule has 3 aliphatic rings. The Kier molecular flexibility index (Phi) is 4.80. The number of methoxy groups -OCH3 is 1. The van der Waals surface area contributed by atoms with E-state index < -0.39 is 0 Å². The maximum Gasteiger partial charge on any atom is 0.240 e. The zero-order chi connectivity index (χ0) is 19.8. The lowest BCUT2D eigenvalue weighted by Crippen LogP contribution is -2.54. The van der Waals surface area contributed by atoms with Gasteiger partial charge in [-0.2, -0.15) is 0 Å². The summed E-state index contributed by atoms with van der Waals surface area (Å²) in [6, 6.07) is 14.6. The topological polar surface area (TPSA) is 50.8 Å². The number of carbonyl (C=O) groups excluding carboxylic acids is 1. The summed E-state index contributed by atoms with van der Waals surface area (Å²) in [7, 11) is 1.71. The summed E-state index contributed by atoms with van der Waals surface area (Å²) in [6.07, 6.45) is 3.39. The highest BCUT2D eigenvalue weighted by atomic mass is 16.5. The fraction of sp³-hybridized carbons (Fsp3) is 0.458. The SMILES string of the molecule is COc1ccc2c(c1)CCOC21CCN(C(=O)[C@H]2Cc3ccccc3CN2)CC1. The monoisotopic (exact) mass is 392 g/mol. The molecule has 0 radical (unpaired) electrons. The standard InChI is InChI=1S/C24H28N2O3/c1-28-20-6-7-21-18(14-20)8-13-29-24(21)9-11-26(12-10-24)23(27)22-15-17-4-2-3-5-19(17)16-25-22/h2-7,14,22,25H,8-13,15-16H2,1H3/t22-/m1/s1. The molecule has 1 atom stereocenters. The minimum atomic E-state index is -0.261. The quantitative estimate of drug-likeness (QED) is 0.854. The van der Waals surface area contributed by atoms with Crippen molar-refractivity contribution in [3.8, 4) is 5.75 Å². The molecule has 1 N–H and O–H groups in total. The van der Waals surface area contributed by atoms with Gasteiger partial charge in [-0.3, -0.25) is 4.79 Å². The van der Waals surface area contributed by atoms with Gasteiger partial charge in [0.15, 0.2) is 0 Å². The first-order valence-corrected chi connectivity index (χ1v) is 10.6. The van der Waals surface area contributed by atoms with Crippen LogP contribution in [0.2, 0.25) is 0 Å². The van der Waals surface area contributed by atoms with Gasteiger partial charge in [-0.05, 0) is 60.1 Å². The second-order valence-electron chi connectivity index (χ2n) is 8.35. The molecule has 0 aromatic heterocycles. The van der Waals surface area contributed by atoms with Gasteiger partial charge in [-0.15, -0.1) is 0 Å². The predicted molar refractivity (Wildman–Crippen MR) is 111 cm³/mol. The molecule has 1 saturated heterocycles. The van der Waals surface area contributed by atoms with Crippen LogP contribution in [0, 0.1) is 0 Å². The van der Waals surface area contributed by atoms with Gasteiger partial charge < -0.3 is 19.7 Å². The van der Waals surface area contributed by atoms with Crippen LogP contribution in [0.1, 0.15) is 35.1 Å². The van der Waals surface area contributed by atoms with E-state index >= 15 is 0 Å². The Morgan fingerprint density at radius 1 is 1.14 bits per heavy atom. The number of amides is 1. The number of rotatable bonds is 2. The molecule has 0 bridgehead atoms. The Morgan fingerprint density at radius 2 is 1.93 bits per heavy atom. The molecule has 5 heteroatoms. The Balaban J connectivity index is 1.28. The fourth-order valence-electron chi connectivity index (χ4n) is 5.13. The second-order valence-corrected chi connectivity index (χ2v) is 8.35. The Bertz CT molecular complexity index is 918. The maximum atomic E-state index is 13.2. The van der Waals surface area contributed by atoms with Gasteiger partial charge in [0.25, 0.3) is 0 Å². The van der Waals surface area contributed by atoms with Crippen molar-refractivity contribution < 1.29 is 14.3 Å². The average molecular weight is 392 g/mol. The molecule has 3 heterocycles. The number of likely N-dealkylation sites (tertiary alicyclic amines) is 1. The maximum absolute atomic E-state index is 13.2. The molecule has 1 spiro atoms. The average Bonchev–Trinajstić information content (AvgIpc) is 2.78. The molecule has 0 aliphatic carbocycles. The lowest BCUT2D eigenvalue weighted by molar-refractivity contribution is -0.143. The van der Waals surface area contributed by atoms with Crippen molar-refractivity contribution >= 4 is 5.91 Å². The zero-order valence-electron chi connectivity index (χ0n) is 16.9. The molecule has 0 saturated carbocycles. The highest BCUT2D eigenvalue weighted by molar-refractivity contribution is 5.82. The van der Waals surface area contributed by atoms with Gasteiger partial charge in [0.1, 0.15) is 5.75 Å². The van der Waals surface area contributed by atoms with Gasteiger partial charge in [-0.1, -0.05) is 30.3 Å². The fourth-order valence-corrected chi connectivity index (χ4v) is 5.13. The molecule has 2 aromatic rings. The third-order valence-electron chi connectivity index (χ3n) is 6.82. The first kappa shape index (κ1) is 18.6. The molecule has 29 heavy (non-hydrogen) atoms. The van der Waals surface area contributed by atoms with E-state index in [0.29, 0.717) is 0 Å². The van der Waals surface area contributed by atoms with Crippen molar-refractivity contribution in [2.45, 2.75) is 43.9 Å². The van der Waals surface area contributed by atoms with Crippen molar-refractivity contribution in [2.75, 3.05) is 26.8 Å². The number of piperidine rings is 1. The molecular weight excluding hydrogens is 364 g/mol. The second kappa shape index (κ2) is 7.47. The van der Waals surface area contributed by atoms with Crippen molar-refractivity contribution in [2.24, 2.45) is 0 Å². The van der Waals surface area contributed by atoms with E-state index in [1.807, 2.05) is 11.0 Å². The molecule has 5 nitrogen and oxygen atoms in total. The number of hydrogen-bond acceptors (Lipinski definition) is 4. The van der Waals surface area contributed by atoms with E-state index in [9.17, 15) is 4.79 Å². The number of carbonyl (C=O) groups is 1. The summed E-state index contributed by atoms with van der Waals surface area (Å²) in [5.74, 6) is 1.12. The number of ether oxygens (including phenoxy) is 2. The lowest BCUT2D eigenvalue weighted by Gasteiger charge is -2.45. The van der Waals surface area contributed by atoms with Crippen LogP contribution in [0.5, 0.6) is 5.75 Å². The van der Waals surface area contributed by atoms with Gasteiger partial charge in [0.05, 0.1) is 25.4 Å². The van der Waals surface area contributed by atoms with Gasteiger partial charge in [0, 0.05) is 19.6 Å². The van der Waals surface area contributed by atoms with Gasteiger partial charge in [-0.25, -0.2) is 0 Å². The van der Waals surface area contributed by atoms with Crippen LogP contribution in [-0.2, 0) is 34.5 Å². The summed E-state index contributed by atoms with van der Waals surface area (Å²) in [5.41, 5.74) is 4.93. The molecule has 3 aliphatic heterocycles. The predicted octanol–water partition coefficient (Wildman–Crippen LogP) is 2.80. The third-order valence-corrected chi connectivity index (χ3v) is 6.82. The lowest BCUT2D eigenvalue weighted by atomic mass is 9.79. The van der Waals surface area contributed by atoms with Crippen LogP contribution < -0.4 is 10.1 Å². The van der Waals surface area contributed by atoms with E-state index in [4.69, 9.17) is 9.47 Å². The van der Waals surface area contributed by atoms with Gasteiger partial charge >= 0.3 is 0 Å². The first-order chi connectivity index (χ1) is 14.2. The van der Waals surface area contributed by atoms with Crippen LogP contribution in [0.15, 0.2) is 42.5 Å². The van der Waals surface area contributed by atoms with E-state index in [1.165, 1.54) is 22.3 Å². The zero-order valence-corrected chi connectivity index (χ0v) is 16.9. The summed E-state index contributed by atoms with van der Waals surface area (Å²) in [5, 5.41) is 3.44.